The molecule has 0 unspecified atom stereocenters. The van der Waals surface area contributed by atoms with Crippen molar-refractivity contribution < 1.29 is 9.90 Å². The van der Waals surface area contributed by atoms with Gasteiger partial charge in [0.2, 0.25) is 5.91 Å². The van der Waals surface area contributed by atoms with Gasteiger partial charge in [-0.25, -0.2) is 9.48 Å². The van der Waals surface area contributed by atoms with Gasteiger partial charge in [-0.15, -0.1) is 5.10 Å². The molecule has 1 saturated carbocycles. The highest BCUT2D eigenvalue weighted by Gasteiger charge is 2.28. The predicted octanol–water partition coefficient (Wildman–Crippen LogP) is 0.697. The minimum absolute atomic E-state index is 0.142. The normalized spacial score (nSPS) is 17.8. The van der Waals surface area contributed by atoms with Crippen LogP contribution in [0.2, 0.25) is 0 Å². The van der Waals surface area contributed by atoms with Crippen LogP contribution in [0.3, 0.4) is 0 Å². The van der Waals surface area contributed by atoms with Crippen molar-refractivity contribution in [2.24, 2.45) is 0 Å². The van der Waals surface area contributed by atoms with Crippen molar-refractivity contribution >= 4 is 11.6 Å². The van der Waals surface area contributed by atoms with E-state index in [1.165, 1.54) is 4.40 Å². The molecule has 0 aliphatic heterocycles. The number of amides is 1. The average molecular weight is 318 g/mol. The maximum Gasteiger partial charge on any atom is 0.350 e. The monoisotopic (exact) mass is 318 g/mol. The van der Waals surface area contributed by atoms with Crippen LogP contribution < -0.4 is 11.0 Å². The number of hydrogen-bond donors (Lipinski definition) is 2. The van der Waals surface area contributed by atoms with Crippen molar-refractivity contribution in [1.82, 2.24) is 19.5 Å². The molecule has 0 aromatic carbocycles. The second kappa shape index (κ2) is 6.54. The van der Waals surface area contributed by atoms with Crippen LogP contribution in [0.1, 0.15) is 38.5 Å². The van der Waals surface area contributed by atoms with E-state index in [2.05, 4.69) is 10.4 Å². The van der Waals surface area contributed by atoms with Crippen molar-refractivity contribution in [2.75, 3.05) is 6.54 Å². The Morgan fingerprint density at radius 2 is 2.00 bits per heavy atom. The molecule has 0 atom stereocenters. The van der Waals surface area contributed by atoms with Crippen LogP contribution in [-0.2, 0) is 11.3 Å². The van der Waals surface area contributed by atoms with E-state index in [4.69, 9.17) is 0 Å². The SMILES string of the molecule is O=C(Cn1nc2ccccn2c1=O)NCC1(O)CCCCCC1. The number of aliphatic hydroxyl groups is 1. The summed E-state index contributed by atoms with van der Waals surface area (Å²) in [4.78, 5) is 24.2. The van der Waals surface area contributed by atoms with Gasteiger partial charge in [-0.2, -0.15) is 0 Å². The molecular formula is C16H22N4O3. The lowest BCUT2D eigenvalue weighted by atomic mass is 9.94. The van der Waals surface area contributed by atoms with E-state index in [-0.39, 0.29) is 24.7 Å². The molecule has 2 aromatic rings. The number of fused-ring (bicyclic) bond motifs is 1. The average Bonchev–Trinajstić information content (AvgIpc) is 2.72. The zero-order chi connectivity index (χ0) is 16.3. The fraction of sp³-hybridized carbons (Fsp3) is 0.562. The van der Waals surface area contributed by atoms with Gasteiger partial charge in [0.05, 0.1) is 5.60 Å². The minimum Gasteiger partial charge on any atom is -0.388 e. The largest absolute Gasteiger partial charge is 0.388 e. The van der Waals surface area contributed by atoms with Crippen LogP contribution in [0.25, 0.3) is 5.65 Å². The number of aromatic nitrogens is 3. The van der Waals surface area contributed by atoms with Crippen molar-refractivity contribution in [3.63, 3.8) is 0 Å². The fourth-order valence-corrected chi connectivity index (χ4v) is 3.09. The number of rotatable bonds is 4. The standard InChI is InChI=1S/C16H22N4O3/c21-14(17-12-16(23)8-4-1-2-5-9-16)11-20-15(22)19-10-6-3-7-13(19)18-20/h3,6-7,10,23H,1-2,4-5,8-9,11-12H2,(H,17,21). The van der Waals surface area contributed by atoms with E-state index in [0.717, 1.165) is 30.4 Å². The highest BCUT2D eigenvalue weighted by molar-refractivity contribution is 5.75. The molecule has 0 radical (unpaired) electrons. The van der Waals surface area contributed by atoms with Gasteiger partial charge in [0.15, 0.2) is 5.65 Å². The molecule has 7 nitrogen and oxygen atoms in total. The van der Waals surface area contributed by atoms with Crippen LogP contribution in [0.15, 0.2) is 29.2 Å². The van der Waals surface area contributed by atoms with E-state index in [1.807, 2.05) is 0 Å². The Bertz CT molecular complexity index is 741. The molecule has 0 saturated heterocycles. The molecular weight excluding hydrogens is 296 g/mol. The molecule has 1 aliphatic carbocycles. The first kappa shape index (κ1) is 15.7. The molecule has 2 aromatic heterocycles. The van der Waals surface area contributed by atoms with Crippen molar-refractivity contribution in [3.8, 4) is 0 Å². The lowest BCUT2D eigenvalue weighted by Crippen LogP contribution is -2.44. The van der Waals surface area contributed by atoms with Gasteiger partial charge in [-0.3, -0.25) is 9.20 Å². The Balaban J connectivity index is 1.62. The van der Waals surface area contributed by atoms with Gasteiger partial charge < -0.3 is 10.4 Å². The fourth-order valence-electron chi connectivity index (χ4n) is 3.09. The number of nitrogens with zero attached hydrogens (tertiary/aromatic N) is 3. The molecule has 1 amide bonds. The van der Waals surface area contributed by atoms with E-state index >= 15 is 0 Å². The summed E-state index contributed by atoms with van der Waals surface area (Å²) in [5, 5.41) is 17.4. The summed E-state index contributed by atoms with van der Waals surface area (Å²) < 4.78 is 2.54. The third kappa shape index (κ3) is 3.61. The Kier molecular flexibility index (Phi) is 4.47. The molecule has 2 heterocycles. The summed E-state index contributed by atoms with van der Waals surface area (Å²) in [7, 11) is 0. The number of carbonyl (C=O) groups is 1. The summed E-state index contributed by atoms with van der Waals surface area (Å²) in [6.07, 6.45) is 7.27. The van der Waals surface area contributed by atoms with Gasteiger partial charge >= 0.3 is 5.69 Å². The summed E-state index contributed by atoms with van der Waals surface area (Å²) in [6.45, 7) is 0.0878. The van der Waals surface area contributed by atoms with Crippen LogP contribution >= 0.6 is 0 Å². The third-order valence-electron chi connectivity index (χ3n) is 4.43. The van der Waals surface area contributed by atoms with Gasteiger partial charge in [-0.1, -0.05) is 31.7 Å². The third-order valence-corrected chi connectivity index (χ3v) is 4.43. The van der Waals surface area contributed by atoms with E-state index in [9.17, 15) is 14.7 Å². The molecule has 23 heavy (non-hydrogen) atoms. The number of carbonyl (C=O) groups excluding carboxylic acids is 1. The molecule has 3 rings (SSSR count). The lowest BCUT2D eigenvalue weighted by molar-refractivity contribution is -0.123. The number of pyridine rings is 1. The Labute approximate surface area is 133 Å². The van der Waals surface area contributed by atoms with E-state index in [0.29, 0.717) is 18.5 Å². The first-order valence-electron chi connectivity index (χ1n) is 8.11. The van der Waals surface area contributed by atoms with Gasteiger partial charge in [-0.05, 0) is 25.0 Å². The van der Waals surface area contributed by atoms with E-state index in [1.54, 1.807) is 24.4 Å². The molecule has 7 heteroatoms. The second-order valence-electron chi connectivity index (χ2n) is 6.28. The van der Waals surface area contributed by atoms with Crippen molar-refractivity contribution in [2.45, 2.75) is 50.7 Å². The maximum atomic E-state index is 12.1. The van der Waals surface area contributed by atoms with Crippen LogP contribution in [0, 0.1) is 0 Å². The smallest absolute Gasteiger partial charge is 0.350 e. The first-order valence-corrected chi connectivity index (χ1v) is 8.11. The molecule has 0 spiro atoms. The van der Waals surface area contributed by atoms with E-state index < -0.39 is 5.60 Å². The first-order chi connectivity index (χ1) is 11.1. The summed E-state index contributed by atoms with van der Waals surface area (Å²) in [6, 6.07) is 5.24. The quantitative estimate of drug-likeness (QED) is 0.812. The summed E-state index contributed by atoms with van der Waals surface area (Å²) >= 11 is 0. The van der Waals surface area contributed by atoms with Crippen LogP contribution in [-0.4, -0.2) is 37.3 Å². The Morgan fingerprint density at radius 1 is 1.26 bits per heavy atom. The summed E-state index contributed by atoms with van der Waals surface area (Å²) in [5.41, 5.74) is -0.660. The molecule has 0 bridgehead atoms. The van der Waals surface area contributed by atoms with Crippen molar-refractivity contribution in [1.29, 1.82) is 0 Å². The van der Waals surface area contributed by atoms with Crippen molar-refractivity contribution in [3.05, 3.63) is 34.9 Å². The number of nitrogens with one attached hydrogen (secondary N) is 1. The number of hydrogen-bond acceptors (Lipinski definition) is 4. The predicted molar refractivity (Wildman–Crippen MR) is 85.1 cm³/mol. The summed E-state index contributed by atoms with van der Waals surface area (Å²) in [5.74, 6) is -0.312. The zero-order valence-electron chi connectivity index (χ0n) is 13.1. The van der Waals surface area contributed by atoms with Gasteiger partial charge in [0, 0.05) is 12.7 Å². The highest BCUT2D eigenvalue weighted by atomic mass is 16.3. The topological polar surface area (TPSA) is 88.6 Å². The zero-order valence-corrected chi connectivity index (χ0v) is 13.1. The van der Waals surface area contributed by atoms with Gasteiger partial charge in [0.1, 0.15) is 6.54 Å². The molecule has 1 fully saturated rings. The molecule has 124 valence electrons. The van der Waals surface area contributed by atoms with Gasteiger partial charge in [0.25, 0.3) is 0 Å². The molecule has 1 aliphatic rings. The lowest BCUT2D eigenvalue weighted by Gasteiger charge is -2.26. The second-order valence-corrected chi connectivity index (χ2v) is 6.28. The van der Waals surface area contributed by atoms with Crippen LogP contribution in [0.5, 0.6) is 0 Å². The maximum absolute atomic E-state index is 12.1. The van der Waals surface area contributed by atoms with Crippen LogP contribution in [0.4, 0.5) is 0 Å². The Morgan fingerprint density at radius 3 is 2.70 bits per heavy atom. The Hall–Kier alpha value is -2.15. The molecule has 2 N–H and O–H groups in total. The minimum atomic E-state index is -0.823. The highest BCUT2D eigenvalue weighted by Crippen LogP contribution is 2.26.